The number of hydrogen-bond donors (Lipinski definition) is 2. The van der Waals surface area contributed by atoms with E-state index in [0.29, 0.717) is 17.5 Å². The summed E-state index contributed by atoms with van der Waals surface area (Å²) >= 11 is 0. The molecule has 0 amide bonds. The Bertz CT molecular complexity index is 215. The maximum atomic E-state index is 4.38. The van der Waals surface area contributed by atoms with Crippen LogP contribution in [-0.4, -0.2) is 24.6 Å². The zero-order valence-electron chi connectivity index (χ0n) is 10.0. The van der Waals surface area contributed by atoms with Crippen LogP contribution >= 0.6 is 0 Å². The fourth-order valence-corrected chi connectivity index (χ4v) is 1.84. The molecule has 0 spiro atoms. The van der Waals surface area contributed by atoms with Gasteiger partial charge in [0.1, 0.15) is 0 Å². The van der Waals surface area contributed by atoms with Crippen molar-refractivity contribution in [3.63, 3.8) is 0 Å². The van der Waals surface area contributed by atoms with Gasteiger partial charge in [-0.3, -0.25) is 4.99 Å². The highest BCUT2D eigenvalue weighted by atomic mass is 15.2. The number of hydrogen-bond acceptors (Lipinski definition) is 3. The highest BCUT2D eigenvalue weighted by Gasteiger charge is 2.18. The van der Waals surface area contributed by atoms with Crippen LogP contribution < -0.4 is 10.6 Å². The predicted molar refractivity (Wildman–Crippen MR) is 61.6 cm³/mol. The summed E-state index contributed by atoms with van der Waals surface area (Å²) < 4.78 is 0. The van der Waals surface area contributed by atoms with Gasteiger partial charge in [-0.15, -0.1) is 0 Å². The minimum atomic E-state index is 0.372. The molecule has 1 heterocycles. The third-order valence-corrected chi connectivity index (χ3v) is 2.21. The van der Waals surface area contributed by atoms with Crippen LogP contribution in [0.5, 0.6) is 0 Å². The molecule has 0 saturated carbocycles. The molecule has 3 heteroatoms. The maximum absolute atomic E-state index is 4.38. The maximum Gasteiger partial charge on any atom is 0.191 e. The van der Waals surface area contributed by atoms with E-state index in [1.807, 2.05) is 0 Å². The first-order valence-corrected chi connectivity index (χ1v) is 5.44. The van der Waals surface area contributed by atoms with Crippen molar-refractivity contribution in [3.8, 4) is 0 Å². The third kappa shape index (κ3) is 3.99. The summed E-state index contributed by atoms with van der Waals surface area (Å²) in [5.41, 5.74) is 0.372. The van der Waals surface area contributed by atoms with Crippen LogP contribution in [0, 0.1) is 5.41 Å². The molecular formula is C11H23N3. The van der Waals surface area contributed by atoms with Gasteiger partial charge in [-0.2, -0.15) is 0 Å². The van der Waals surface area contributed by atoms with E-state index in [2.05, 4.69) is 50.2 Å². The van der Waals surface area contributed by atoms with E-state index in [1.54, 1.807) is 0 Å². The Hall–Kier alpha value is -0.730. The van der Waals surface area contributed by atoms with Crippen LogP contribution in [0.2, 0.25) is 0 Å². The summed E-state index contributed by atoms with van der Waals surface area (Å²) in [4.78, 5) is 4.38. The van der Waals surface area contributed by atoms with Crippen LogP contribution in [0.25, 0.3) is 0 Å². The smallest absolute Gasteiger partial charge is 0.191 e. The van der Waals surface area contributed by atoms with Crippen LogP contribution in [0.4, 0.5) is 0 Å². The molecule has 0 saturated heterocycles. The largest absolute Gasteiger partial charge is 0.354 e. The topological polar surface area (TPSA) is 36.4 Å². The average molecular weight is 197 g/mol. The fourth-order valence-electron chi connectivity index (χ4n) is 1.84. The zero-order valence-corrected chi connectivity index (χ0v) is 10.0. The highest BCUT2D eigenvalue weighted by Crippen LogP contribution is 2.20. The first kappa shape index (κ1) is 11.3. The molecule has 2 atom stereocenters. The van der Waals surface area contributed by atoms with Gasteiger partial charge in [-0.05, 0) is 25.7 Å². The average Bonchev–Trinajstić information content (AvgIpc) is 2.30. The van der Waals surface area contributed by atoms with E-state index in [4.69, 9.17) is 0 Å². The van der Waals surface area contributed by atoms with E-state index >= 15 is 0 Å². The summed E-state index contributed by atoms with van der Waals surface area (Å²) in [6.45, 7) is 12.0. The van der Waals surface area contributed by atoms with E-state index in [-0.39, 0.29) is 0 Å². The Morgan fingerprint density at radius 1 is 1.57 bits per heavy atom. The Morgan fingerprint density at radius 3 is 2.64 bits per heavy atom. The standard InChI is InChI=1S/C11H23N3/c1-8(6-11(3,4)5)13-10-12-7-9(2)14-10/h8-9H,6-7H2,1-5H3,(H2,12,13,14). The minimum Gasteiger partial charge on any atom is -0.354 e. The lowest BCUT2D eigenvalue weighted by molar-refractivity contribution is 0.336. The zero-order chi connectivity index (χ0) is 10.8. The molecule has 2 N–H and O–H groups in total. The first-order valence-electron chi connectivity index (χ1n) is 5.44. The van der Waals surface area contributed by atoms with E-state index in [1.165, 1.54) is 0 Å². The van der Waals surface area contributed by atoms with Crippen molar-refractivity contribution < 1.29 is 0 Å². The molecule has 14 heavy (non-hydrogen) atoms. The number of aliphatic imine (C=N–C) groups is 1. The van der Waals surface area contributed by atoms with Crippen molar-refractivity contribution in [1.29, 1.82) is 0 Å². The van der Waals surface area contributed by atoms with Gasteiger partial charge in [0.25, 0.3) is 0 Å². The van der Waals surface area contributed by atoms with Crippen molar-refractivity contribution in [1.82, 2.24) is 10.6 Å². The Balaban J connectivity index is 2.31. The van der Waals surface area contributed by atoms with E-state index in [9.17, 15) is 0 Å². The van der Waals surface area contributed by atoms with E-state index in [0.717, 1.165) is 18.9 Å². The van der Waals surface area contributed by atoms with Crippen molar-refractivity contribution in [2.75, 3.05) is 6.54 Å². The summed E-state index contributed by atoms with van der Waals surface area (Å²) in [5.74, 6) is 0.967. The van der Waals surface area contributed by atoms with Crippen molar-refractivity contribution in [2.24, 2.45) is 10.4 Å². The lowest BCUT2D eigenvalue weighted by Gasteiger charge is -2.24. The van der Waals surface area contributed by atoms with Gasteiger partial charge >= 0.3 is 0 Å². The van der Waals surface area contributed by atoms with Gasteiger partial charge in [0.15, 0.2) is 5.96 Å². The van der Waals surface area contributed by atoms with Crippen molar-refractivity contribution in [3.05, 3.63) is 0 Å². The van der Waals surface area contributed by atoms with Crippen LogP contribution in [0.15, 0.2) is 4.99 Å². The van der Waals surface area contributed by atoms with E-state index < -0.39 is 0 Å². The number of guanidine groups is 1. The van der Waals surface area contributed by atoms with Gasteiger partial charge in [0, 0.05) is 12.1 Å². The summed E-state index contributed by atoms with van der Waals surface area (Å²) in [6, 6.07) is 0.964. The van der Waals surface area contributed by atoms with Gasteiger partial charge < -0.3 is 10.6 Å². The fraction of sp³-hybridized carbons (Fsp3) is 0.909. The van der Waals surface area contributed by atoms with Gasteiger partial charge in [-0.25, -0.2) is 0 Å². The van der Waals surface area contributed by atoms with Gasteiger partial charge in [0.2, 0.25) is 0 Å². The van der Waals surface area contributed by atoms with Crippen LogP contribution in [-0.2, 0) is 0 Å². The second kappa shape index (κ2) is 4.20. The Labute approximate surface area is 87.4 Å². The lowest BCUT2D eigenvalue weighted by Crippen LogP contribution is -2.43. The summed E-state index contributed by atoms with van der Waals surface area (Å²) in [6.07, 6.45) is 1.15. The summed E-state index contributed by atoms with van der Waals surface area (Å²) in [5, 5.41) is 6.71. The molecule has 0 aliphatic carbocycles. The molecule has 0 fully saturated rings. The molecule has 0 bridgehead atoms. The molecule has 3 nitrogen and oxygen atoms in total. The number of rotatable bonds is 2. The van der Waals surface area contributed by atoms with Crippen LogP contribution in [0.1, 0.15) is 41.0 Å². The SMILES string of the molecule is CC1CN=C(NC(C)CC(C)(C)C)N1. The van der Waals surface area contributed by atoms with Crippen molar-refractivity contribution in [2.45, 2.75) is 53.1 Å². The lowest BCUT2D eigenvalue weighted by atomic mass is 9.89. The number of nitrogens with one attached hydrogen (secondary N) is 2. The van der Waals surface area contributed by atoms with Crippen molar-refractivity contribution >= 4 is 5.96 Å². The Kier molecular flexibility index (Phi) is 3.40. The third-order valence-electron chi connectivity index (χ3n) is 2.21. The predicted octanol–water partition coefficient (Wildman–Crippen LogP) is 1.75. The van der Waals surface area contributed by atoms with Gasteiger partial charge in [-0.1, -0.05) is 20.8 Å². The Morgan fingerprint density at radius 2 is 2.21 bits per heavy atom. The van der Waals surface area contributed by atoms with Crippen LogP contribution in [0.3, 0.4) is 0 Å². The molecule has 0 aromatic rings. The molecule has 2 unspecified atom stereocenters. The normalized spacial score (nSPS) is 24.1. The summed E-state index contributed by atoms with van der Waals surface area (Å²) in [7, 11) is 0. The van der Waals surface area contributed by atoms with Gasteiger partial charge in [0.05, 0.1) is 6.54 Å². The molecule has 1 aliphatic heterocycles. The second-order valence-electron chi connectivity index (χ2n) is 5.54. The monoisotopic (exact) mass is 197 g/mol. The molecule has 1 rings (SSSR count). The first-order chi connectivity index (χ1) is 6.37. The molecule has 0 aromatic carbocycles. The molecule has 82 valence electrons. The quantitative estimate of drug-likeness (QED) is 0.707. The molecule has 0 radical (unpaired) electrons. The second-order valence-corrected chi connectivity index (χ2v) is 5.54. The highest BCUT2D eigenvalue weighted by molar-refractivity contribution is 5.81. The molecule has 0 aromatic heterocycles. The molecule has 1 aliphatic rings. The number of nitrogens with zero attached hydrogens (tertiary/aromatic N) is 1. The molecular weight excluding hydrogens is 174 g/mol. The minimum absolute atomic E-state index is 0.372.